The third kappa shape index (κ3) is 5.05. The molecule has 1 unspecified atom stereocenters. The van der Waals surface area contributed by atoms with Gasteiger partial charge in [0.15, 0.2) is 0 Å². The van der Waals surface area contributed by atoms with Crippen LogP contribution in [0.4, 0.5) is 0 Å². The zero-order valence-corrected chi connectivity index (χ0v) is 15.9. The third-order valence-corrected chi connectivity index (χ3v) is 5.73. The van der Waals surface area contributed by atoms with Crippen LogP contribution in [-0.4, -0.2) is 41.5 Å². The highest BCUT2D eigenvalue weighted by atomic mass is 35.5. The lowest BCUT2D eigenvalue weighted by Crippen LogP contribution is -2.40. The summed E-state index contributed by atoms with van der Waals surface area (Å²) in [6.07, 6.45) is 6.31. The van der Waals surface area contributed by atoms with Crippen LogP contribution in [-0.2, 0) is 0 Å². The molecule has 0 saturated heterocycles. The number of halogens is 1. The Balaban J connectivity index is 2.21. The van der Waals surface area contributed by atoms with Gasteiger partial charge < -0.3 is 15.4 Å². The lowest BCUT2D eigenvalue weighted by Gasteiger charge is -2.40. The van der Waals surface area contributed by atoms with Crippen LogP contribution < -0.4 is 0 Å². The molecule has 0 amide bonds. The Bertz CT molecular complexity index is 552. The first-order valence-corrected chi connectivity index (χ1v) is 9.40. The highest BCUT2D eigenvalue weighted by molar-refractivity contribution is 6.30. The second-order valence-corrected chi connectivity index (χ2v) is 8.03. The number of rotatable bonds is 7. The molecule has 1 aliphatic rings. The van der Waals surface area contributed by atoms with E-state index in [2.05, 4.69) is 11.8 Å². The highest BCUT2D eigenvalue weighted by Crippen LogP contribution is 2.42. The van der Waals surface area contributed by atoms with Gasteiger partial charge in [0.1, 0.15) is 0 Å². The van der Waals surface area contributed by atoms with E-state index in [1.165, 1.54) is 6.42 Å². The number of nitrogens with one attached hydrogen (secondary N) is 1. The average molecular weight is 351 g/mol. The minimum absolute atomic E-state index is 0.0432. The van der Waals surface area contributed by atoms with Crippen LogP contribution in [0, 0.1) is 5.41 Å². The van der Waals surface area contributed by atoms with E-state index in [1.54, 1.807) is 0 Å². The van der Waals surface area contributed by atoms with Crippen molar-refractivity contribution in [3.63, 3.8) is 0 Å². The lowest BCUT2D eigenvalue weighted by molar-refractivity contribution is -0.0202. The molecule has 24 heavy (non-hydrogen) atoms. The van der Waals surface area contributed by atoms with Gasteiger partial charge in [-0.1, -0.05) is 43.0 Å². The monoisotopic (exact) mass is 350 g/mol. The first-order chi connectivity index (χ1) is 11.3. The Kier molecular flexibility index (Phi) is 6.85. The number of aliphatic hydroxyl groups is 1. The summed E-state index contributed by atoms with van der Waals surface area (Å²) in [6, 6.07) is 8.15. The zero-order valence-electron chi connectivity index (χ0n) is 15.2. The van der Waals surface area contributed by atoms with Crippen LogP contribution >= 0.6 is 11.6 Å². The van der Waals surface area contributed by atoms with Gasteiger partial charge in [-0.05, 0) is 58.0 Å². The van der Waals surface area contributed by atoms with E-state index in [9.17, 15) is 5.11 Å². The maximum absolute atomic E-state index is 11.3. The predicted molar refractivity (Wildman–Crippen MR) is 102 cm³/mol. The Hall–Kier alpha value is -0.900. The molecule has 2 N–H and O–H groups in total. The van der Waals surface area contributed by atoms with E-state index in [-0.39, 0.29) is 5.92 Å². The van der Waals surface area contributed by atoms with Crippen LogP contribution in [0.3, 0.4) is 0 Å². The van der Waals surface area contributed by atoms with E-state index < -0.39 is 5.60 Å². The van der Waals surface area contributed by atoms with Crippen LogP contribution in [0.25, 0.3) is 0 Å². The maximum atomic E-state index is 11.3. The van der Waals surface area contributed by atoms with E-state index in [0.717, 1.165) is 37.7 Å². The van der Waals surface area contributed by atoms with Crippen molar-refractivity contribution in [2.45, 2.75) is 69.4 Å². The summed E-state index contributed by atoms with van der Waals surface area (Å²) in [5, 5.41) is 20.5. The van der Waals surface area contributed by atoms with Crippen molar-refractivity contribution in [2.24, 2.45) is 0 Å². The SMILES string of the molecule is C[C@@H](CC(=N)CC(c1cccc(Cl)c1)C1(O)CCCCC1)N(C)C. The molecule has 3 nitrogen and oxygen atoms in total. The summed E-state index contributed by atoms with van der Waals surface area (Å²) < 4.78 is 0. The molecule has 0 bridgehead atoms. The Morgan fingerprint density at radius 3 is 2.50 bits per heavy atom. The quantitative estimate of drug-likeness (QED) is 0.689. The molecule has 1 aromatic rings. The van der Waals surface area contributed by atoms with Crippen LogP contribution in [0.1, 0.15) is 63.4 Å². The second kappa shape index (κ2) is 8.46. The van der Waals surface area contributed by atoms with Crippen LogP contribution in [0.2, 0.25) is 5.02 Å². The van der Waals surface area contributed by atoms with Crippen molar-refractivity contribution in [2.75, 3.05) is 14.1 Å². The third-order valence-electron chi connectivity index (χ3n) is 5.49. The Labute approximate surface area is 151 Å². The average Bonchev–Trinajstić information content (AvgIpc) is 2.53. The summed E-state index contributed by atoms with van der Waals surface area (Å²) in [5.74, 6) is -0.0432. The van der Waals surface area contributed by atoms with Crippen molar-refractivity contribution in [1.82, 2.24) is 4.90 Å². The van der Waals surface area contributed by atoms with Gasteiger partial charge in [0.05, 0.1) is 5.60 Å². The van der Waals surface area contributed by atoms with Crippen LogP contribution in [0.15, 0.2) is 24.3 Å². The molecule has 1 aromatic carbocycles. The van der Waals surface area contributed by atoms with E-state index in [4.69, 9.17) is 17.0 Å². The summed E-state index contributed by atoms with van der Waals surface area (Å²) >= 11 is 6.19. The molecule has 1 aliphatic carbocycles. The van der Waals surface area contributed by atoms with Gasteiger partial charge in [0.2, 0.25) is 0 Å². The van der Waals surface area contributed by atoms with Crippen molar-refractivity contribution >= 4 is 17.3 Å². The fourth-order valence-corrected chi connectivity index (χ4v) is 3.92. The fourth-order valence-electron chi connectivity index (χ4n) is 3.72. The van der Waals surface area contributed by atoms with Gasteiger partial charge in [-0.3, -0.25) is 0 Å². The molecule has 4 heteroatoms. The first-order valence-electron chi connectivity index (χ1n) is 9.02. The van der Waals surface area contributed by atoms with Crippen molar-refractivity contribution < 1.29 is 5.11 Å². The summed E-state index contributed by atoms with van der Waals surface area (Å²) in [7, 11) is 4.09. The Morgan fingerprint density at radius 1 is 1.25 bits per heavy atom. The zero-order chi connectivity index (χ0) is 17.7. The molecular weight excluding hydrogens is 320 g/mol. The van der Waals surface area contributed by atoms with Crippen molar-refractivity contribution in [1.29, 1.82) is 5.41 Å². The number of benzene rings is 1. The molecule has 0 radical (unpaired) electrons. The van der Waals surface area contributed by atoms with E-state index >= 15 is 0 Å². The molecule has 134 valence electrons. The molecule has 1 fully saturated rings. The van der Waals surface area contributed by atoms with Gasteiger partial charge in [-0.2, -0.15) is 0 Å². The minimum Gasteiger partial charge on any atom is -0.389 e. The molecule has 0 heterocycles. The highest BCUT2D eigenvalue weighted by Gasteiger charge is 2.39. The maximum Gasteiger partial charge on any atom is 0.0719 e. The van der Waals surface area contributed by atoms with Crippen molar-refractivity contribution in [3.05, 3.63) is 34.9 Å². The fraction of sp³-hybridized carbons (Fsp3) is 0.650. The topological polar surface area (TPSA) is 47.3 Å². The minimum atomic E-state index is -0.712. The van der Waals surface area contributed by atoms with Crippen molar-refractivity contribution in [3.8, 4) is 0 Å². The van der Waals surface area contributed by atoms with Gasteiger partial charge in [0, 0.05) is 29.1 Å². The number of hydrogen-bond acceptors (Lipinski definition) is 3. The van der Waals surface area contributed by atoms with Gasteiger partial charge in [-0.25, -0.2) is 0 Å². The second-order valence-electron chi connectivity index (χ2n) is 7.60. The van der Waals surface area contributed by atoms with Crippen LogP contribution in [0.5, 0.6) is 0 Å². The first kappa shape index (κ1) is 19.4. The largest absolute Gasteiger partial charge is 0.389 e. The molecule has 1 saturated carbocycles. The van der Waals surface area contributed by atoms with Gasteiger partial charge >= 0.3 is 0 Å². The van der Waals surface area contributed by atoms with E-state index in [0.29, 0.717) is 23.2 Å². The van der Waals surface area contributed by atoms with Gasteiger partial charge in [0.25, 0.3) is 0 Å². The Morgan fingerprint density at radius 2 is 1.92 bits per heavy atom. The molecule has 0 aromatic heterocycles. The van der Waals surface area contributed by atoms with E-state index in [1.807, 2.05) is 38.4 Å². The summed E-state index contributed by atoms with van der Waals surface area (Å²) in [4.78, 5) is 2.14. The number of nitrogens with zero attached hydrogens (tertiary/aromatic N) is 1. The summed E-state index contributed by atoms with van der Waals surface area (Å²) in [6.45, 7) is 2.14. The normalized spacial score (nSPS) is 19.9. The summed E-state index contributed by atoms with van der Waals surface area (Å²) in [5.41, 5.74) is 1.06. The standard InChI is InChI=1S/C20H31ClN2O/c1-15(23(2)3)12-18(22)14-19(16-8-7-9-17(21)13-16)20(24)10-5-4-6-11-20/h7-9,13,15,19,22,24H,4-6,10-12,14H2,1-3H3/t15-,19?/m0/s1. The molecular formula is C20H31ClN2O. The smallest absolute Gasteiger partial charge is 0.0719 e. The number of hydrogen-bond donors (Lipinski definition) is 2. The molecule has 0 aliphatic heterocycles. The molecule has 2 rings (SSSR count). The lowest BCUT2D eigenvalue weighted by atomic mass is 9.70. The molecule has 2 atom stereocenters. The molecule has 0 spiro atoms. The van der Waals surface area contributed by atoms with Gasteiger partial charge in [-0.15, -0.1) is 0 Å². The predicted octanol–water partition coefficient (Wildman–Crippen LogP) is 4.87.